The second kappa shape index (κ2) is 9.22. The van der Waals surface area contributed by atoms with Crippen molar-refractivity contribution in [2.45, 2.75) is 26.2 Å². The number of carbonyl (C=O) groups is 1. The monoisotopic (exact) mass is 467 g/mol. The van der Waals surface area contributed by atoms with E-state index in [2.05, 4.69) is 10.4 Å². The summed E-state index contributed by atoms with van der Waals surface area (Å²) in [6.07, 6.45) is 0. The van der Waals surface area contributed by atoms with E-state index < -0.39 is 10.8 Å². The van der Waals surface area contributed by atoms with Crippen molar-refractivity contribution in [1.82, 2.24) is 9.78 Å². The van der Waals surface area contributed by atoms with Crippen LogP contribution in [-0.4, -0.2) is 46.9 Å². The van der Waals surface area contributed by atoms with E-state index in [9.17, 15) is 19.3 Å². The van der Waals surface area contributed by atoms with Crippen LogP contribution in [-0.2, 0) is 10.2 Å². The molecule has 10 heteroatoms. The van der Waals surface area contributed by atoms with Gasteiger partial charge in [0, 0.05) is 36.7 Å². The highest BCUT2D eigenvalue weighted by molar-refractivity contribution is 6.08. The van der Waals surface area contributed by atoms with Gasteiger partial charge in [-0.3, -0.25) is 14.9 Å². The number of nitro benzene ring substituents is 1. The SMILES string of the molecule is CC(C)(C)c1cc(NC(=O)c2cc([N+](=O)[O-])ccc2N2CCOCC2)n(-c2ccc(F)cc2)n1. The summed E-state index contributed by atoms with van der Waals surface area (Å²) in [4.78, 5) is 26.3. The molecule has 0 radical (unpaired) electrons. The van der Waals surface area contributed by atoms with Gasteiger partial charge in [0.15, 0.2) is 0 Å². The predicted molar refractivity (Wildman–Crippen MR) is 126 cm³/mol. The van der Waals surface area contributed by atoms with Crippen molar-refractivity contribution in [3.63, 3.8) is 0 Å². The van der Waals surface area contributed by atoms with Crippen LogP contribution in [0.4, 0.5) is 21.6 Å². The van der Waals surface area contributed by atoms with Gasteiger partial charge in [-0.05, 0) is 30.3 Å². The van der Waals surface area contributed by atoms with E-state index >= 15 is 0 Å². The largest absolute Gasteiger partial charge is 0.378 e. The number of morpholine rings is 1. The van der Waals surface area contributed by atoms with E-state index in [-0.39, 0.29) is 22.5 Å². The Morgan fingerprint density at radius 1 is 1.12 bits per heavy atom. The van der Waals surface area contributed by atoms with Crippen molar-refractivity contribution in [2.24, 2.45) is 0 Å². The van der Waals surface area contributed by atoms with Crippen molar-refractivity contribution in [2.75, 3.05) is 36.5 Å². The van der Waals surface area contributed by atoms with Crippen LogP contribution in [0.2, 0.25) is 0 Å². The number of hydrogen-bond donors (Lipinski definition) is 1. The molecule has 0 saturated carbocycles. The predicted octanol–water partition coefficient (Wildman–Crippen LogP) is 4.31. The number of hydrogen-bond acceptors (Lipinski definition) is 6. The number of ether oxygens (including phenoxy) is 1. The molecule has 34 heavy (non-hydrogen) atoms. The molecule has 1 aliphatic heterocycles. The first-order valence-corrected chi connectivity index (χ1v) is 10.9. The maximum absolute atomic E-state index is 13.5. The molecule has 2 heterocycles. The van der Waals surface area contributed by atoms with Crippen LogP contribution in [0.3, 0.4) is 0 Å². The molecule has 0 unspecified atom stereocenters. The molecule has 1 amide bonds. The number of carbonyl (C=O) groups excluding carboxylic acids is 1. The van der Waals surface area contributed by atoms with Gasteiger partial charge in [0.25, 0.3) is 11.6 Å². The van der Waals surface area contributed by atoms with Crippen LogP contribution in [0, 0.1) is 15.9 Å². The summed E-state index contributed by atoms with van der Waals surface area (Å²) in [5.74, 6) is -0.515. The molecular formula is C24H26FN5O4. The molecule has 1 N–H and O–H groups in total. The molecule has 0 atom stereocenters. The van der Waals surface area contributed by atoms with Gasteiger partial charge in [-0.15, -0.1) is 0 Å². The standard InChI is InChI=1S/C24H26FN5O4/c1-24(2,3)21-15-22(29(27-21)17-6-4-16(25)5-7-17)26-23(31)19-14-18(30(32)33)8-9-20(19)28-10-12-34-13-11-28/h4-9,14-15H,10-13H2,1-3H3,(H,26,31). The average Bonchev–Trinajstić information content (AvgIpc) is 3.24. The fourth-order valence-corrected chi connectivity index (χ4v) is 3.70. The third-order valence-corrected chi connectivity index (χ3v) is 5.58. The van der Waals surface area contributed by atoms with E-state index in [1.54, 1.807) is 24.3 Å². The van der Waals surface area contributed by atoms with Crippen LogP contribution in [0.1, 0.15) is 36.8 Å². The molecule has 2 aromatic carbocycles. The van der Waals surface area contributed by atoms with Gasteiger partial charge >= 0.3 is 0 Å². The lowest BCUT2D eigenvalue weighted by molar-refractivity contribution is -0.384. The molecule has 3 aromatic rings. The number of benzene rings is 2. The van der Waals surface area contributed by atoms with E-state index in [4.69, 9.17) is 4.74 Å². The average molecular weight is 468 g/mol. The van der Waals surface area contributed by atoms with Crippen molar-refractivity contribution >= 4 is 23.1 Å². The summed E-state index contributed by atoms with van der Waals surface area (Å²) in [5, 5.41) is 18.9. The minimum atomic E-state index is -0.527. The van der Waals surface area contributed by atoms with Crippen LogP contribution < -0.4 is 10.2 Å². The molecule has 178 valence electrons. The Balaban J connectivity index is 1.75. The van der Waals surface area contributed by atoms with Crippen molar-refractivity contribution < 1.29 is 18.8 Å². The number of rotatable bonds is 5. The molecule has 0 aliphatic carbocycles. The summed E-state index contributed by atoms with van der Waals surface area (Å²) in [5.41, 5.74) is 1.58. The van der Waals surface area contributed by atoms with Gasteiger partial charge in [-0.25, -0.2) is 9.07 Å². The van der Waals surface area contributed by atoms with Crippen molar-refractivity contribution in [1.29, 1.82) is 0 Å². The topological polar surface area (TPSA) is 103 Å². The Morgan fingerprint density at radius 2 is 1.79 bits per heavy atom. The minimum absolute atomic E-state index is 0.176. The number of aromatic nitrogens is 2. The van der Waals surface area contributed by atoms with Gasteiger partial charge < -0.3 is 15.0 Å². The maximum atomic E-state index is 13.5. The third-order valence-electron chi connectivity index (χ3n) is 5.58. The van der Waals surface area contributed by atoms with E-state index in [0.29, 0.717) is 43.5 Å². The number of non-ortho nitro benzene ring substituents is 1. The molecular weight excluding hydrogens is 441 g/mol. The lowest BCUT2D eigenvalue weighted by Crippen LogP contribution is -2.37. The molecule has 1 saturated heterocycles. The molecule has 1 aromatic heterocycles. The Labute approximate surface area is 196 Å². The summed E-state index contributed by atoms with van der Waals surface area (Å²) < 4.78 is 20.4. The number of halogens is 1. The van der Waals surface area contributed by atoms with Crippen LogP contribution in [0.5, 0.6) is 0 Å². The molecule has 1 aliphatic rings. The fourth-order valence-electron chi connectivity index (χ4n) is 3.70. The highest BCUT2D eigenvalue weighted by Gasteiger charge is 2.25. The Morgan fingerprint density at radius 3 is 2.41 bits per heavy atom. The summed E-state index contributed by atoms with van der Waals surface area (Å²) >= 11 is 0. The zero-order chi connectivity index (χ0) is 24.5. The normalized spacial score (nSPS) is 14.2. The van der Waals surface area contributed by atoms with Gasteiger partial charge in [-0.2, -0.15) is 5.10 Å². The van der Waals surface area contributed by atoms with Crippen molar-refractivity contribution in [3.8, 4) is 5.69 Å². The second-order valence-electron chi connectivity index (χ2n) is 9.07. The zero-order valence-corrected chi connectivity index (χ0v) is 19.2. The number of nitrogens with zero attached hydrogens (tertiary/aromatic N) is 4. The van der Waals surface area contributed by atoms with Crippen LogP contribution in [0.15, 0.2) is 48.5 Å². The van der Waals surface area contributed by atoms with Gasteiger partial charge in [0.05, 0.1) is 40.8 Å². The second-order valence-corrected chi connectivity index (χ2v) is 9.07. The minimum Gasteiger partial charge on any atom is -0.378 e. The van der Waals surface area contributed by atoms with Gasteiger partial charge in [-0.1, -0.05) is 20.8 Å². The summed E-state index contributed by atoms with van der Waals surface area (Å²) in [6, 6.07) is 11.8. The highest BCUT2D eigenvalue weighted by atomic mass is 19.1. The fraction of sp³-hybridized carbons (Fsp3) is 0.333. The molecule has 4 rings (SSSR count). The van der Waals surface area contributed by atoms with E-state index in [0.717, 1.165) is 5.69 Å². The highest BCUT2D eigenvalue weighted by Crippen LogP contribution is 2.30. The number of anilines is 2. The number of amides is 1. The number of nitro groups is 1. The summed E-state index contributed by atoms with van der Waals surface area (Å²) in [6.45, 7) is 8.13. The Bertz CT molecular complexity index is 1210. The molecule has 0 bridgehead atoms. The first kappa shape index (κ1) is 23.4. The van der Waals surface area contributed by atoms with Gasteiger partial charge in [0.2, 0.25) is 0 Å². The first-order chi connectivity index (χ1) is 16.1. The molecule has 9 nitrogen and oxygen atoms in total. The Kier molecular flexibility index (Phi) is 6.34. The molecule has 1 fully saturated rings. The first-order valence-electron chi connectivity index (χ1n) is 10.9. The smallest absolute Gasteiger partial charge is 0.270 e. The maximum Gasteiger partial charge on any atom is 0.270 e. The number of nitrogens with one attached hydrogen (secondary N) is 1. The lowest BCUT2D eigenvalue weighted by Gasteiger charge is -2.30. The van der Waals surface area contributed by atoms with E-state index in [1.807, 2.05) is 25.7 Å². The Hall–Kier alpha value is -3.79. The quantitative estimate of drug-likeness (QED) is 0.443. The van der Waals surface area contributed by atoms with Crippen LogP contribution >= 0.6 is 0 Å². The van der Waals surface area contributed by atoms with Crippen molar-refractivity contribution in [3.05, 3.63) is 75.7 Å². The van der Waals surface area contributed by atoms with Gasteiger partial charge in [0.1, 0.15) is 11.6 Å². The van der Waals surface area contributed by atoms with E-state index in [1.165, 1.54) is 28.9 Å². The summed E-state index contributed by atoms with van der Waals surface area (Å²) in [7, 11) is 0. The zero-order valence-electron chi connectivity index (χ0n) is 19.2. The molecule has 0 spiro atoms. The van der Waals surface area contributed by atoms with Crippen LogP contribution in [0.25, 0.3) is 5.69 Å². The lowest BCUT2D eigenvalue weighted by atomic mass is 9.92. The third kappa shape index (κ3) is 4.91.